The second kappa shape index (κ2) is 9.17. The van der Waals surface area contributed by atoms with E-state index in [-0.39, 0.29) is 6.61 Å². The van der Waals surface area contributed by atoms with Gasteiger partial charge in [-0.3, -0.25) is 0 Å². The van der Waals surface area contributed by atoms with E-state index in [4.69, 9.17) is 9.47 Å². The maximum absolute atomic E-state index is 12.1. The lowest BCUT2D eigenvalue weighted by atomic mass is 10.3. The van der Waals surface area contributed by atoms with Gasteiger partial charge in [0.1, 0.15) is 11.5 Å². The zero-order valence-corrected chi connectivity index (χ0v) is 14.1. The van der Waals surface area contributed by atoms with Gasteiger partial charge in [0, 0.05) is 5.69 Å². The Morgan fingerprint density at radius 1 is 0.920 bits per heavy atom. The summed E-state index contributed by atoms with van der Waals surface area (Å²) in [6, 6.07) is 13.1. The van der Waals surface area contributed by atoms with Crippen LogP contribution in [0.1, 0.15) is 13.8 Å². The number of ether oxygens (including phenoxy) is 3. The molecule has 132 valence electrons. The molecule has 0 aliphatic heterocycles. The predicted octanol–water partition coefficient (Wildman–Crippen LogP) is 4.26. The second-order valence-corrected chi connectivity index (χ2v) is 4.82. The van der Waals surface area contributed by atoms with Crippen molar-refractivity contribution in [1.29, 1.82) is 0 Å². The van der Waals surface area contributed by atoms with Crippen LogP contribution in [0.5, 0.6) is 11.5 Å². The van der Waals surface area contributed by atoms with Gasteiger partial charge in [-0.2, -0.15) is 0 Å². The fourth-order valence-electron chi connectivity index (χ4n) is 1.99. The zero-order valence-electron chi connectivity index (χ0n) is 14.1. The molecule has 2 rings (SSSR count). The highest BCUT2D eigenvalue weighted by Crippen LogP contribution is 2.24. The third kappa shape index (κ3) is 5.72. The van der Waals surface area contributed by atoms with Crippen LogP contribution in [0.3, 0.4) is 0 Å². The molecule has 0 unspecified atom stereocenters. The number of hydrogen-bond acceptors (Lipinski definition) is 5. The monoisotopic (exact) mass is 344 g/mol. The molecule has 0 radical (unpaired) electrons. The summed E-state index contributed by atoms with van der Waals surface area (Å²) >= 11 is 0. The third-order valence-corrected chi connectivity index (χ3v) is 3.01. The Balaban J connectivity index is 1.93. The summed E-state index contributed by atoms with van der Waals surface area (Å²) in [4.78, 5) is 23.3. The van der Waals surface area contributed by atoms with Gasteiger partial charge in [-0.05, 0) is 50.2 Å². The highest BCUT2D eigenvalue weighted by atomic mass is 16.7. The lowest BCUT2D eigenvalue weighted by molar-refractivity contribution is 0.104. The smallest absolute Gasteiger partial charge is 0.492 e. The number of nitrogens with one attached hydrogen (secondary N) is 2. The van der Waals surface area contributed by atoms with Crippen LogP contribution in [0.4, 0.5) is 21.0 Å². The lowest BCUT2D eigenvalue weighted by Gasteiger charge is -2.12. The van der Waals surface area contributed by atoms with Gasteiger partial charge in [-0.25, -0.2) is 9.59 Å². The molecule has 0 aliphatic carbocycles. The van der Waals surface area contributed by atoms with Gasteiger partial charge in [0.05, 0.1) is 18.9 Å². The number of carbonyl (C=O) groups is 2. The minimum absolute atomic E-state index is 0.238. The average Bonchev–Trinajstić information content (AvgIpc) is 2.59. The topological polar surface area (TPSA) is 85.9 Å². The Kier molecular flexibility index (Phi) is 6.65. The predicted molar refractivity (Wildman–Crippen MR) is 94.3 cm³/mol. The number of hydrogen-bond donors (Lipinski definition) is 2. The van der Waals surface area contributed by atoms with Crippen molar-refractivity contribution in [1.82, 2.24) is 0 Å². The van der Waals surface area contributed by atoms with Crippen LogP contribution in [-0.2, 0) is 4.74 Å². The summed E-state index contributed by atoms with van der Waals surface area (Å²) in [5, 5.41) is 5.42. The molecule has 2 amide bonds. The quantitative estimate of drug-likeness (QED) is 0.604. The fraction of sp³-hybridized carbons (Fsp3) is 0.222. The molecule has 0 aromatic heterocycles. The molecule has 0 atom stereocenters. The first-order valence-corrected chi connectivity index (χ1v) is 7.87. The summed E-state index contributed by atoms with van der Waals surface area (Å²) in [6.45, 7) is 4.30. The number of para-hydroxylation sites is 2. The van der Waals surface area contributed by atoms with Crippen LogP contribution in [0.2, 0.25) is 0 Å². The molecule has 0 heterocycles. The van der Waals surface area contributed by atoms with Crippen LogP contribution in [0.15, 0.2) is 48.5 Å². The molecular formula is C18H20N2O5. The molecule has 0 spiro atoms. The number of carbonyl (C=O) groups excluding carboxylic acids is 2. The van der Waals surface area contributed by atoms with Crippen LogP contribution >= 0.6 is 0 Å². The Labute approximate surface area is 145 Å². The van der Waals surface area contributed by atoms with E-state index >= 15 is 0 Å². The molecular weight excluding hydrogens is 324 g/mol. The highest BCUT2D eigenvalue weighted by molar-refractivity contribution is 6.00. The number of anilines is 2. The number of rotatable bonds is 6. The molecule has 0 saturated heterocycles. The van der Waals surface area contributed by atoms with E-state index in [0.29, 0.717) is 29.5 Å². The first kappa shape index (κ1) is 18.1. The van der Waals surface area contributed by atoms with Crippen molar-refractivity contribution in [3.63, 3.8) is 0 Å². The Bertz CT molecular complexity index is 716. The van der Waals surface area contributed by atoms with E-state index < -0.39 is 12.2 Å². The van der Waals surface area contributed by atoms with E-state index in [9.17, 15) is 9.59 Å². The second-order valence-electron chi connectivity index (χ2n) is 4.82. The Morgan fingerprint density at radius 3 is 2.32 bits per heavy atom. The van der Waals surface area contributed by atoms with Crippen molar-refractivity contribution >= 4 is 23.6 Å². The van der Waals surface area contributed by atoms with Gasteiger partial charge in [0.2, 0.25) is 0 Å². The van der Waals surface area contributed by atoms with E-state index in [0.717, 1.165) is 0 Å². The molecule has 0 bridgehead atoms. The molecule has 7 heteroatoms. The molecule has 0 fully saturated rings. The molecule has 7 nitrogen and oxygen atoms in total. The minimum Gasteiger partial charge on any atom is -0.492 e. The number of urea groups is 1. The number of amides is 2. The molecule has 2 aromatic carbocycles. The van der Waals surface area contributed by atoms with E-state index in [2.05, 4.69) is 15.4 Å². The maximum atomic E-state index is 12.1. The van der Waals surface area contributed by atoms with Crippen LogP contribution < -0.4 is 20.1 Å². The molecule has 0 aliphatic rings. The first-order chi connectivity index (χ1) is 12.1. The van der Waals surface area contributed by atoms with E-state index in [1.54, 1.807) is 49.4 Å². The fourth-order valence-corrected chi connectivity index (χ4v) is 1.99. The van der Waals surface area contributed by atoms with Gasteiger partial charge >= 0.3 is 12.2 Å². The van der Waals surface area contributed by atoms with Crippen molar-refractivity contribution in [3.05, 3.63) is 48.5 Å². The summed E-state index contributed by atoms with van der Waals surface area (Å²) in [5.74, 6) is 0.921. The molecule has 2 aromatic rings. The number of benzene rings is 2. The van der Waals surface area contributed by atoms with Crippen LogP contribution in [0.25, 0.3) is 0 Å². The minimum atomic E-state index is -0.770. The maximum Gasteiger partial charge on any atom is 0.513 e. The average molecular weight is 344 g/mol. The van der Waals surface area contributed by atoms with Gasteiger partial charge < -0.3 is 24.8 Å². The SMILES string of the molecule is CCOC(=O)Oc1ccc(NC(=O)Nc2ccccc2OCC)cc1. The van der Waals surface area contributed by atoms with E-state index in [1.807, 2.05) is 13.0 Å². The summed E-state index contributed by atoms with van der Waals surface area (Å²) in [5.41, 5.74) is 1.12. The van der Waals surface area contributed by atoms with Crippen molar-refractivity contribution < 1.29 is 23.8 Å². The summed E-state index contributed by atoms with van der Waals surface area (Å²) < 4.78 is 15.1. The molecule has 25 heavy (non-hydrogen) atoms. The Morgan fingerprint density at radius 2 is 1.64 bits per heavy atom. The zero-order chi connectivity index (χ0) is 18.1. The highest BCUT2D eigenvalue weighted by Gasteiger charge is 2.08. The van der Waals surface area contributed by atoms with Crippen molar-refractivity contribution in [2.75, 3.05) is 23.8 Å². The van der Waals surface area contributed by atoms with Gasteiger partial charge in [0.15, 0.2) is 0 Å². The Hall–Kier alpha value is -3.22. The van der Waals surface area contributed by atoms with Gasteiger partial charge in [0.25, 0.3) is 0 Å². The van der Waals surface area contributed by atoms with Crippen molar-refractivity contribution in [2.24, 2.45) is 0 Å². The lowest BCUT2D eigenvalue weighted by Crippen LogP contribution is -2.20. The van der Waals surface area contributed by atoms with Crippen LogP contribution in [-0.4, -0.2) is 25.4 Å². The largest absolute Gasteiger partial charge is 0.513 e. The van der Waals surface area contributed by atoms with Gasteiger partial charge in [-0.1, -0.05) is 12.1 Å². The molecule has 2 N–H and O–H groups in total. The third-order valence-electron chi connectivity index (χ3n) is 3.01. The molecule has 0 saturated carbocycles. The first-order valence-electron chi connectivity index (χ1n) is 7.87. The van der Waals surface area contributed by atoms with E-state index in [1.165, 1.54) is 0 Å². The van der Waals surface area contributed by atoms with Gasteiger partial charge in [-0.15, -0.1) is 0 Å². The summed E-state index contributed by atoms with van der Waals surface area (Å²) in [7, 11) is 0. The van der Waals surface area contributed by atoms with Crippen molar-refractivity contribution in [2.45, 2.75) is 13.8 Å². The summed E-state index contributed by atoms with van der Waals surface area (Å²) in [6.07, 6.45) is -0.770. The normalized spacial score (nSPS) is 9.84. The van der Waals surface area contributed by atoms with Crippen LogP contribution in [0, 0.1) is 0 Å². The van der Waals surface area contributed by atoms with Crippen molar-refractivity contribution in [3.8, 4) is 11.5 Å². The standard InChI is InChI=1S/C18H20N2O5/c1-3-23-16-8-6-5-7-15(16)20-17(21)19-13-9-11-14(12-10-13)25-18(22)24-4-2/h5-12H,3-4H2,1-2H3,(H2,19,20,21).